The number of halogens is 1. The summed E-state index contributed by atoms with van der Waals surface area (Å²) in [6.45, 7) is 11.3. The summed E-state index contributed by atoms with van der Waals surface area (Å²) < 4.78 is 19.9. The summed E-state index contributed by atoms with van der Waals surface area (Å²) in [5, 5.41) is 0. The zero-order valence-electron chi connectivity index (χ0n) is 14.8. The van der Waals surface area contributed by atoms with Gasteiger partial charge in [0.15, 0.2) is 0 Å². The Balaban J connectivity index is 2.21. The van der Waals surface area contributed by atoms with Crippen molar-refractivity contribution in [3.63, 3.8) is 0 Å². The van der Waals surface area contributed by atoms with E-state index < -0.39 is 0 Å². The van der Waals surface area contributed by atoms with Gasteiger partial charge in [-0.25, -0.2) is 4.39 Å². The molecule has 0 fully saturated rings. The molecule has 2 nitrogen and oxygen atoms in total. The van der Waals surface area contributed by atoms with Gasteiger partial charge in [-0.15, -0.1) is 13.2 Å². The van der Waals surface area contributed by atoms with Crippen molar-refractivity contribution in [2.45, 2.75) is 25.5 Å². The van der Waals surface area contributed by atoms with Crippen LogP contribution in [0.2, 0.25) is 0 Å². The third-order valence-electron chi connectivity index (χ3n) is 4.15. The van der Waals surface area contributed by atoms with Crippen molar-refractivity contribution in [3.8, 4) is 5.75 Å². The molecule has 0 unspecified atom stereocenters. The van der Waals surface area contributed by atoms with Crippen molar-refractivity contribution in [3.05, 3.63) is 91.3 Å². The molecular formula is C22H26FNO. The standard InChI is InChI=1S/C22H26FNO/c1-4-14-24(15-5-2)18(3)16-22(19-10-9-11-20(23)17-19)25-21-12-7-6-8-13-21/h4-13,17-18,22H,1-2,14-16H2,3H3/t18-,22-/m1/s1. The lowest BCUT2D eigenvalue weighted by molar-refractivity contribution is 0.138. The third kappa shape index (κ3) is 5.87. The fraction of sp³-hybridized carbons (Fsp3) is 0.273. The summed E-state index contributed by atoms with van der Waals surface area (Å²) >= 11 is 0. The summed E-state index contributed by atoms with van der Waals surface area (Å²) in [4.78, 5) is 2.26. The highest BCUT2D eigenvalue weighted by atomic mass is 19.1. The Morgan fingerprint density at radius 3 is 2.32 bits per heavy atom. The van der Waals surface area contributed by atoms with E-state index in [1.807, 2.05) is 48.6 Å². The van der Waals surface area contributed by atoms with E-state index >= 15 is 0 Å². The number of rotatable bonds is 10. The average molecular weight is 339 g/mol. The van der Waals surface area contributed by atoms with Crippen molar-refractivity contribution in [2.75, 3.05) is 13.1 Å². The molecule has 0 aromatic heterocycles. The lowest BCUT2D eigenvalue weighted by atomic mass is 10.0. The molecule has 2 aromatic rings. The van der Waals surface area contributed by atoms with Crippen LogP contribution in [-0.4, -0.2) is 24.0 Å². The molecule has 0 N–H and O–H groups in total. The third-order valence-corrected chi connectivity index (χ3v) is 4.15. The van der Waals surface area contributed by atoms with E-state index in [1.54, 1.807) is 12.1 Å². The van der Waals surface area contributed by atoms with E-state index in [2.05, 4.69) is 25.0 Å². The lowest BCUT2D eigenvalue weighted by Gasteiger charge is -2.30. The van der Waals surface area contributed by atoms with Crippen LogP contribution in [0.3, 0.4) is 0 Å². The van der Waals surface area contributed by atoms with Gasteiger partial charge in [0, 0.05) is 25.6 Å². The smallest absolute Gasteiger partial charge is 0.125 e. The highest BCUT2D eigenvalue weighted by Crippen LogP contribution is 2.27. The lowest BCUT2D eigenvalue weighted by Crippen LogP contribution is -2.35. The summed E-state index contributed by atoms with van der Waals surface area (Å²) in [6.07, 6.45) is 4.27. The van der Waals surface area contributed by atoms with Crippen LogP contribution in [0, 0.1) is 5.82 Å². The first-order valence-electron chi connectivity index (χ1n) is 8.57. The molecule has 0 spiro atoms. The number of ether oxygens (including phenoxy) is 1. The second kappa shape index (κ2) is 9.80. The molecule has 0 heterocycles. The van der Waals surface area contributed by atoms with Crippen molar-refractivity contribution in [2.24, 2.45) is 0 Å². The fourth-order valence-corrected chi connectivity index (χ4v) is 2.85. The van der Waals surface area contributed by atoms with Gasteiger partial charge >= 0.3 is 0 Å². The van der Waals surface area contributed by atoms with Crippen molar-refractivity contribution >= 4 is 0 Å². The van der Waals surface area contributed by atoms with Crippen LogP contribution in [0.5, 0.6) is 5.75 Å². The molecule has 0 saturated carbocycles. The minimum atomic E-state index is -0.249. The summed E-state index contributed by atoms with van der Waals surface area (Å²) in [7, 11) is 0. The van der Waals surface area contributed by atoms with Gasteiger partial charge < -0.3 is 4.74 Å². The normalized spacial score (nSPS) is 13.2. The Bertz CT molecular complexity index is 661. The Morgan fingerprint density at radius 2 is 1.72 bits per heavy atom. The minimum absolute atomic E-state index is 0.230. The Hall–Kier alpha value is -2.39. The predicted molar refractivity (Wildman–Crippen MR) is 102 cm³/mol. The first-order chi connectivity index (χ1) is 12.1. The highest BCUT2D eigenvalue weighted by Gasteiger charge is 2.21. The Morgan fingerprint density at radius 1 is 1.04 bits per heavy atom. The predicted octanol–water partition coefficient (Wildman–Crippen LogP) is 5.40. The van der Waals surface area contributed by atoms with Gasteiger partial charge in [-0.3, -0.25) is 4.90 Å². The summed E-state index contributed by atoms with van der Waals surface area (Å²) in [6, 6.07) is 16.5. The maximum Gasteiger partial charge on any atom is 0.125 e. The number of nitrogens with zero attached hydrogens (tertiary/aromatic N) is 1. The van der Waals surface area contributed by atoms with Gasteiger partial charge in [0.1, 0.15) is 17.7 Å². The average Bonchev–Trinajstić information content (AvgIpc) is 2.62. The van der Waals surface area contributed by atoms with E-state index in [1.165, 1.54) is 6.07 Å². The molecule has 132 valence electrons. The Kier molecular flexibility index (Phi) is 7.42. The largest absolute Gasteiger partial charge is 0.486 e. The van der Waals surface area contributed by atoms with Crippen LogP contribution in [0.25, 0.3) is 0 Å². The molecule has 2 aromatic carbocycles. The first-order valence-corrected chi connectivity index (χ1v) is 8.57. The van der Waals surface area contributed by atoms with Crippen LogP contribution in [-0.2, 0) is 0 Å². The Labute approximate surface area is 150 Å². The molecule has 0 amide bonds. The van der Waals surface area contributed by atoms with E-state index in [4.69, 9.17) is 4.74 Å². The molecule has 0 aliphatic heterocycles. The van der Waals surface area contributed by atoms with Gasteiger partial charge in [-0.05, 0) is 36.8 Å². The second-order valence-corrected chi connectivity index (χ2v) is 6.09. The summed E-state index contributed by atoms with van der Waals surface area (Å²) in [5.41, 5.74) is 0.841. The van der Waals surface area contributed by atoms with Gasteiger partial charge in [0.2, 0.25) is 0 Å². The number of para-hydroxylation sites is 1. The van der Waals surface area contributed by atoms with E-state index in [-0.39, 0.29) is 18.0 Å². The number of hydrogen-bond acceptors (Lipinski definition) is 2. The molecule has 3 heteroatoms. The second-order valence-electron chi connectivity index (χ2n) is 6.09. The van der Waals surface area contributed by atoms with Crippen molar-refractivity contribution in [1.82, 2.24) is 4.90 Å². The van der Waals surface area contributed by atoms with Crippen LogP contribution in [0.1, 0.15) is 25.0 Å². The fourth-order valence-electron chi connectivity index (χ4n) is 2.85. The molecule has 0 aliphatic rings. The zero-order valence-corrected chi connectivity index (χ0v) is 14.8. The maximum atomic E-state index is 13.7. The van der Waals surface area contributed by atoms with Gasteiger partial charge in [0.25, 0.3) is 0 Å². The molecule has 0 aliphatic carbocycles. The highest BCUT2D eigenvalue weighted by molar-refractivity contribution is 5.25. The number of benzene rings is 2. The molecule has 0 saturated heterocycles. The molecular weight excluding hydrogens is 313 g/mol. The van der Waals surface area contributed by atoms with Gasteiger partial charge in [0.05, 0.1) is 0 Å². The van der Waals surface area contributed by atoms with Crippen LogP contribution >= 0.6 is 0 Å². The van der Waals surface area contributed by atoms with Gasteiger partial charge in [-0.2, -0.15) is 0 Å². The van der Waals surface area contributed by atoms with Crippen LogP contribution in [0.4, 0.5) is 4.39 Å². The monoisotopic (exact) mass is 339 g/mol. The van der Waals surface area contributed by atoms with Crippen LogP contribution < -0.4 is 4.74 Å². The van der Waals surface area contributed by atoms with Gasteiger partial charge in [-0.1, -0.05) is 42.5 Å². The molecule has 2 atom stereocenters. The number of hydrogen-bond donors (Lipinski definition) is 0. The van der Waals surface area contributed by atoms with Crippen LogP contribution in [0.15, 0.2) is 79.9 Å². The molecule has 0 bridgehead atoms. The zero-order chi connectivity index (χ0) is 18.1. The molecule has 0 radical (unpaired) electrons. The van der Waals surface area contributed by atoms with Crippen molar-refractivity contribution in [1.29, 1.82) is 0 Å². The van der Waals surface area contributed by atoms with Crippen molar-refractivity contribution < 1.29 is 9.13 Å². The summed E-state index contributed by atoms with van der Waals surface area (Å²) in [5.74, 6) is 0.531. The minimum Gasteiger partial charge on any atom is -0.486 e. The maximum absolute atomic E-state index is 13.7. The first kappa shape index (κ1) is 18.9. The SMILES string of the molecule is C=CCN(CC=C)[C@H](C)C[C@@H](Oc1ccccc1)c1cccc(F)c1. The topological polar surface area (TPSA) is 12.5 Å². The molecule has 25 heavy (non-hydrogen) atoms. The molecule has 2 rings (SSSR count). The van der Waals surface area contributed by atoms with E-state index in [0.29, 0.717) is 0 Å². The van der Waals surface area contributed by atoms with E-state index in [9.17, 15) is 4.39 Å². The quantitative estimate of drug-likeness (QED) is 0.538. The van der Waals surface area contributed by atoms with E-state index in [0.717, 1.165) is 30.8 Å².